The maximum atomic E-state index is 14.3. The van der Waals surface area contributed by atoms with Crippen LogP contribution in [-0.4, -0.2) is 65.3 Å². The number of alkyl halides is 3. The van der Waals surface area contributed by atoms with E-state index in [1.807, 2.05) is 0 Å². The third kappa shape index (κ3) is 5.24. The zero-order chi connectivity index (χ0) is 29.6. The molecule has 0 saturated carbocycles. The van der Waals surface area contributed by atoms with Crippen LogP contribution in [0, 0.1) is 11.7 Å². The summed E-state index contributed by atoms with van der Waals surface area (Å²) in [5.41, 5.74) is -2.84. The molecule has 1 N–H and O–H groups in total. The molecule has 2 fully saturated rings. The zero-order valence-corrected chi connectivity index (χ0v) is 22.6. The van der Waals surface area contributed by atoms with Gasteiger partial charge in [-0.2, -0.15) is 13.2 Å². The van der Waals surface area contributed by atoms with Gasteiger partial charge < -0.3 is 10.2 Å². The van der Waals surface area contributed by atoms with E-state index in [0.29, 0.717) is 28.9 Å². The Balaban J connectivity index is 1.53. The van der Waals surface area contributed by atoms with E-state index in [-0.39, 0.29) is 25.9 Å². The van der Waals surface area contributed by atoms with E-state index in [1.165, 1.54) is 16.8 Å². The number of likely N-dealkylation sites (N-methyl/N-ethyl adjacent to an activating group) is 1. The van der Waals surface area contributed by atoms with Crippen LogP contribution in [0.5, 0.6) is 0 Å². The predicted molar refractivity (Wildman–Crippen MR) is 138 cm³/mol. The summed E-state index contributed by atoms with van der Waals surface area (Å²) in [6, 6.07) is 6.30. The maximum Gasteiger partial charge on any atom is 0.416 e. The van der Waals surface area contributed by atoms with Gasteiger partial charge in [0.2, 0.25) is 5.91 Å². The van der Waals surface area contributed by atoms with Gasteiger partial charge in [0.1, 0.15) is 17.4 Å². The number of nitrogens with one attached hydrogen (secondary N) is 1. The van der Waals surface area contributed by atoms with Crippen molar-refractivity contribution in [1.82, 2.24) is 15.1 Å². The molecule has 2 aromatic carbocycles. The summed E-state index contributed by atoms with van der Waals surface area (Å²) in [5, 5.41) is 2.76. The molecule has 0 aliphatic carbocycles. The van der Waals surface area contributed by atoms with Crippen LogP contribution in [0.1, 0.15) is 42.6 Å². The Morgan fingerprint density at radius 3 is 2.27 bits per heavy atom. The molecule has 5 amide bonds. The van der Waals surface area contributed by atoms with Crippen LogP contribution in [-0.2, 0) is 15.8 Å². The van der Waals surface area contributed by atoms with Crippen molar-refractivity contribution in [3.05, 3.63) is 64.4 Å². The summed E-state index contributed by atoms with van der Waals surface area (Å²) in [4.78, 5) is 56.4. The van der Waals surface area contributed by atoms with Crippen molar-refractivity contribution in [2.24, 2.45) is 5.92 Å². The minimum Gasteiger partial charge on any atom is -0.341 e. The van der Waals surface area contributed by atoms with Crippen LogP contribution in [0.2, 0.25) is 5.02 Å². The second kappa shape index (κ2) is 10.7. The molecule has 0 radical (unpaired) electrons. The van der Waals surface area contributed by atoms with E-state index in [4.69, 9.17) is 11.6 Å². The standard InChI is InChI=1S/C27H27ClF4N4O4/c1-15(2)21(33-22(37)19-13-16(27(30,31)32)7-8-20(19)29)23(38)35-11-9-26(10-12-35)24(39)34(3)25(40)36(26)18-6-4-5-17(28)14-18/h4-8,13-15,21H,9-12H2,1-3H3,(H,33,37). The molecule has 40 heavy (non-hydrogen) atoms. The number of carbonyl (C=O) groups excluding carboxylic acids is 4. The lowest BCUT2D eigenvalue weighted by molar-refractivity contribution is -0.139. The molecule has 4 rings (SSSR count). The highest BCUT2D eigenvalue weighted by atomic mass is 35.5. The number of nitrogens with zero attached hydrogens (tertiary/aromatic N) is 3. The van der Waals surface area contributed by atoms with Gasteiger partial charge in [-0.25, -0.2) is 9.18 Å². The first-order valence-corrected chi connectivity index (χ1v) is 12.9. The Morgan fingerprint density at radius 1 is 1.05 bits per heavy atom. The van der Waals surface area contributed by atoms with Gasteiger partial charge in [0.05, 0.1) is 11.1 Å². The number of urea groups is 1. The van der Waals surface area contributed by atoms with E-state index in [0.717, 1.165) is 4.90 Å². The molecule has 0 bridgehead atoms. The van der Waals surface area contributed by atoms with Gasteiger partial charge in [0.25, 0.3) is 11.8 Å². The maximum absolute atomic E-state index is 14.3. The Hall–Kier alpha value is -3.67. The smallest absolute Gasteiger partial charge is 0.341 e. The number of rotatable bonds is 5. The van der Waals surface area contributed by atoms with Gasteiger partial charge in [-0.1, -0.05) is 31.5 Å². The van der Waals surface area contributed by atoms with Gasteiger partial charge in [0, 0.05) is 30.8 Å². The van der Waals surface area contributed by atoms with Crippen LogP contribution in [0.15, 0.2) is 42.5 Å². The van der Waals surface area contributed by atoms with E-state index in [1.54, 1.807) is 38.1 Å². The van der Waals surface area contributed by atoms with Crippen molar-refractivity contribution < 1.29 is 36.7 Å². The average molecular weight is 583 g/mol. The van der Waals surface area contributed by atoms with Crippen molar-refractivity contribution in [3.8, 4) is 0 Å². The molecule has 8 nitrogen and oxygen atoms in total. The lowest BCUT2D eigenvalue weighted by atomic mass is 9.85. The number of likely N-dealkylation sites (tertiary alicyclic amines) is 1. The topological polar surface area (TPSA) is 90.0 Å². The molecule has 0 aromatic heterocycles. The number of amides is 5. The fourth-order valence-corrected chi connectivity index (χ4v) is 5.32. The highest BCUT2D eigenvalue weighted by molar-refractivity contribution is 6.31. The number of carbonyl (C=O) groups is 4. The van der Waals surface area contributed by atoms with Crippen LogP contribution in [0.4, 0.5) is 28.0 Å². The number of piperidine rings is 1. The molecule has 2 aliphatic rings. The SMILES string of the molecule is CC(C)C(NC(=O)c1cc(C(F)(F)F)ccc1F)C(=O)N1CCC2(CC1)C(=O)N(C)C(=O)N2c1cccc(Cl)c1. The molecule has 1 atom stereocenters. The van der Waals surface area contributed by atoms with Crippen LogP contribution in [0.25, 0.3) is 0 Å². The summed E-state index contributed by atoms with van der Waals surface area (Å²) in [6.07, 6.45) is -4.59. The average Bonchev–Trinajstić information content (AvgIpc) is 3.07. The number of benzene rings is 2. The molecular weight excluding hydrogens is 556 g/mol. The second-order valence-electron chi connectivity index (χ2n) is 10.2. The Labute approximate surface area is 232 Å². The van der Waals surface area contributed by atoms with E-state index >= 15 is 0 Å². The van der Waals surface area contributed by atoms with Gasteiger partial charge in [0.15, 0.2) is 0 Å². The van der Waals surface area contributed by atoms with E-state index in [2.05, 4.69) is 5.32 Å². The summed E-state index contributed by atoms with van der Waals surface area (Å²) < 4.78 is 53.6. The number of anilines is 1. The predicted octanol–water partition coefficient (Wildman–Crippen LogP) is 4.71. The third-order valence-corrected chi connectivity index (χ3v) is 7.57. The molecule has 2 heterocycles. The summed E-state index contributed by atoms with van der Waals surface area (Å²) in [5.74, 6) is -3.77. The molecule has 1 unspecified atom stereocenters. The molecule has 2 saturated heterocycles. The van der Waals surface area contributed by atoms with Crippen molar-refractivity contribution in [2.45, 2.75) is 44.4 Å². The first-order chi connectivity index (χ1) is 18.7. The summed E-state index contributed by atoms with van der Waals surface area (Å²) >= 11 is 6.12. The van der Waals surface area contributed by atoms with Crippen molar-refractivity contribution >= 4 is 41.0 Å². The molecule has 1 spiro atoms. The Kier molecular flexibility index (Phi) is 7.85. The molecule has 13 heteroatoms. The third-order valence-electron chi connectivity index (χ3n) is 7.34. The normalized spacial score (nSPS) is 18.1. The summed E-state index contributed by atoms with van der Waals surface area (Å²) in [7, 11) is 1.38. The highest BCUT2D eigenvalue weighted by Gasteiger charge is 2.58. The summed E-state index contributed by atoms with van der Waals surface area (Å²) in [6.45, 7) is 3.37. The first-order valence-electron chi connectivity index (χ1n) is 12.5. The van der Waals surface area contributed by atoms with Crippen molar-refractivity contribution in [2.75, 3.05) is 25.0 Å². The number of halogens is 5. The van der Waals surface area contributed by atoms with Crippen LogP contribution >= 0.6 is 11.6 Å². The first kappa shape index (κ1) is 29.3. The molecule has 214 valence electrons. The minimum absolute atomic E-state index is 0.0553. The lowest BCUT2D eigenvalue weighted by Crippen LogP contribution is -2.60. The van der Waals surface area contributed by atoms with Crippen molar-refractivity contribution in [1.29, 1.82) is 0 Å². The van der Waals surface area contributed by atoms with Gasteiger partial charge in [-0.15, -0.1) is 0 Å². The minimum atomic E-state index is -4.79. The molecular formula is C27H27ClF4N4O4. The number of imide groups is 1. The molecule has 2 aromatic rings. The lowest BCUT2D eigenvalue weighted by Gasteiger charge is -2.43. The van der Waals surface area contributed by atoms with Crippen LogP contribution in [0.3, 0.4) is 0 Å². The van der Waals surface area contributed by atoms with E-state index < -0.39 is 64.4 Å². The fraction of sp³-hybridized carbons (Fsp3) is 0.407. The van der Waals surface area contributed by atoms with Gasteiger partial charge in [-0.05, 0) is 55.2 Å². The van der Waals surface area contributed by atoms with E-state index in [9.17, 15) is 36.7 Å². The largest absolute Gasteiger partial charge is 0.416 e. The van der Waals surface area contributed by atoms with Gasteiger partial charge in [-0.3, -0.25) is 24.2 Å². The highest BCUT2D eigenvalue weighted by Crippen LogP contribution is 2.41. The van der Waals surface area contributed by atoms with Crippen molar-refractivity contribution in [3.63, 3.8) is 0 Å². The Bertz CT molecular complexity index is 1360. The Morgan fingerprint density at radius 2 is 1.70 bits per heavy atom. The number of hydrogen-bond acceptors (Lipinski definition) is 4. The van der Waals surface area contributed by atoms with Crippen LogP contribution < -0.4 is 10.2 Å². The second-order valence-corrected chi connectivity index (χ2v) is 10.6. The zero-order valence-electron chi connectivity index (χ0n) is 21.9. The molecule has 2 aliphatic heterocycles. The monoisotopic (exact) mass is 582 g/mol. The quantitative estimate of drug-likeness (QED) is 0.408. The van der Waals surface area contributed by atoms with Gasteiger partial charge >= 0.3 is 12.2 Å². The fourth-order valence-electron chi connectivity index (χ4n) is 5.14. The number of hydrogen-bond donors (Lipinski definition) is 1.